The van der Waals surface area contributed by atoms with Crippen LogP contribution in [0.2, 0.25) is 0 Å². The van der Waals surface area contributed by atoms with Gasteiger partial charge in [0.15, 0.2) is 0 Å². The number of unbranched alkanes of at least 4 members (excludes halogenated alkanes) is 2. The second kappa shape index (κ2) is 6.01. The molecule has 0 saturated carbocycles. The second-order valence-corrected chi connectivity index (χ2v) is 4.97. The van der Waals surface area contributed by atoms with E-state index in [2.05, 4.69) is 25.1 Å². The fourth-order valence-electron chi connectivity index (χ4n) is 2.15. The summed E-state index contributed by atoms with van der Waals surface area (Å²) in [4.78, 5) is 11.1. The fourth-order valence-corrected chi connectivity index (χ4v) is 2.27. The Morgan fingerprint density at radius 1 is 1.06 bits per heavy atom. The third-order valence-corrected chi connectivity index (χ3v) is 3.42. The number of rotatable bonds is 5. The molecule has 0 heterocycles. The van der Waals surface area contributed by atoms with Crippen molar-refractivity contribution < 1.29 is 4.79 Å². The van der Waals surface area contributed by atoms with Gasteiger partial charge in [0.25, 0.3) is 5.24 Å². The lowest BCUT2D eigenvalue weighted by Crippen LogP contribution is -1.89. The normalized spacial score (nSPS) is 10.8. The first kappa shape index (κ1) is 13.1. The van der Waals surface area contributed by atoms with E-state index in [-0.39, 0.29) is 0 Å². The van der Waals surface area contributed by atoms with Crippen LogP contribution >= 0.6 is 11.6 Å². The molecule has 2 heteroatoms. The molecule has 0 amide bonds. The molecule has 0 unspecified atom stereocenters. The molecule has 2 aromatic rings. The van der Waals surface area contributed by atoms with Crippen molar-refractivity contribution in [1.82, 2.24) is 0 Å². The van der Waals surface area contributed by atoms with Gasteiger partial charge in [0.2, 0.25) is 0 Å². The minimum atomic E-state index is -0.399. The van der Waals surface area contributed by atoms with Crippen LogP contribution in [0.5, 0.6) is 0 Å². The van der Waals surface area contributed by atoms with Gasteiger partial charge >= 0.3 is 0 Å². The molecule has 0 aliphatic rings. The fraction of sp³-hybridized carbons (Fsp3) is 0.312. The van der Waals surface area contributed by atoms with E-state index in [1.165, 1.54) is 30.2 Å². The highest BCUT2D eigenvalue weighted by Crippen LogP contribution is 2.20. The first-order chi connectivity index (χ1) is 8.70. The number of aryl methyl sites for hydroxylation is 1. The lowest BCUT2D eigenvalue weighted by atomic mass is 10.0. The minimum absolute atomic E-state index is 0.399. The van der Waals surface area contributed by atoms with Gasteiger partial charge in [-0.25, -0.2) is 0 Å². The average molecular weight is 261 g/mol. The Kier molecular flexibility index (Phi) is 4.38. The SMILES string of the molecule is CCCCCc1ccc2cc(C(=O)Cl)ccc2c1. The lowest BCUT2D eigenvalue weighted by molar-refractivity contribution is 0.108. The molecule has 94 valence electrons. The zero-order valence-corrected chi connectivity index (χ0v) is 11.3. The van der Waals surface area contributed by atoms with Crippen LogP contribution in [0.4, 0.5) is 0 Å². The molecule has 0 spiro atoms. The Morgan fingerprint density at radius 2 is 1.78 bits per heavy atom. The quantitative estimate of drug-likeness (QED) is 0.549. The van der Waals surface area contributed by atoms with Crippen LogP contribution < -0.4 is 0 Å². The number of benzene rings is 2. The van der Waals surface area contributed by atoms with E-state index in [1.54, 1.807) is 6.07 Å². The number of hydrogen-bond acceptors (Lipinski definition) is 1. The zero-order valence-electron chi connectivity index (χ0n) is 10.6. The van der Waals surface area contributed by atoms with Gasteiger partial charge in [-0.3, -0.25) is 4.79 Å². The van der Waals surface area contributed by atoms with Gasteiger partial charge < -0.3 is 0 Å². The largest absolute Gasteiger partial charge is 0.276 e. The van der Waals surface area contributed by atoms with Crippen LogP contribution in [0.25, 0.3) is 10.8 Å². The summed E-state index contributed by atoms with van der Waals surface area (Å²) >= 11 is 5.48. The van der Waals surface area contributed by atoms with Gasteiger partial charge in [-0.1, -0.05) is 44.0 Å². The third kappa shape index (κ3) is 3.11. The highest BCUT2D eigenvalue weighted by atomic mass is 35.5. The molecular formula is C16H17ClO. The predicted molar refractivity (Wildman–Crippen MR) is 77.4 cm³/mol. The molecule has 0 aliphatic heterocycles. The summed E-state index contributed by atoms with van der Waals surface area (Å²) in [7, 11) is 0. The van der Waals surface area contributed by atoms with Crippen LogP contribution in [-0.2, 0) is 6.42 Å². The number of carbonyl (C=O) groups excluding carboxylic acids is 1. The van der Waals surface area contributed by atoms with Crippen molar-refractivity contribution in [3.8, 4) is 0 Å². The third-order valence-electron chi connectivity index (χ3n) is 3.20. The van der Waals surface area contributed by atoms with Crippen LogP contribution in [0.1, 0.15) is 42.1 Å². The van der Waals surface area contributed by atoms with Gasteiger partial charge in [-0.2, -0.15) is 0 Å². The monoisotopic (exact) mass is 260 g/mol. The van der Waals surface area contributed by atoms with Crippen LogP contribution in [0.3, 0.4) is 0 Å². The maximum absolute atomic E-state index is 11.1. The van der Waals surface area contributed by atoms with Crippen molar-refractivity contribution in [3.63, 3.8) is 0 Å². The molecule has 0 aromatic heterocycles. The maximum Gasteiger partial charge on any atom is 0.252 e. The number of halogens is 1. The van der Waals surface area contributed by atoms with Crippen LogP contribution in [-0.4, -0.2) is 5.24 Å². The van der Waals surface area contributed by atoms with E-state index in [1.807, 2.05) is 12.1 Å². The highest BCUT2D eigenvalue weighted by molar-refractivity contribution is 6.67. The Hall–Kier alpha value is -1.34. The molecule has 0 N–H and O–H groups in total. The van der Waals surface area contributed by atoms with Crippen molar-refractivity contribution >= 4 is 27.6 Å². The smallest absolute Gasteiger partial charge is 0.252 e. The van der Waals surface area contributed by atoms with E-state index in [9.17, 15) is 4.79 Å². The number of hydrogen-bond donors (Lipinski definition) is 0. The molecular weight excluding hydrogens is 244 g/mol. The molecule has 18 heavy (non-hydrogen) atoms. The molecule has 0 aliphatic carbocycles. The van der Waals surface area contributed by atoms with Gasteiger partial charge in [-0.05, 0) is 52.9 Å². The van der Waals surface area contributed by atoms with E-state index in [0.717, 1.165) is 11.8 Å². The molecule has 0 fully saturated rings. The zero-order chi connectivity index (χ0) is 13.0. The maximum atomic E-state index is 11.1. The average Bonchev–Trinajstić information content (AvgIpc) is 2.38. The molecule has 2 aromatic carbocycles. The summed E-state index contributed by atoms with van der Waals surface area (Å²) in [5, 5.41) is 1.84. The van der Waals surface area contributed by atoms with Gasteiger partial charge in [0.05, 0.1) is 0 Å². The molecule has 0 saturated heterocycles. The number of carbonyl (C=O) groups is 1. The summed E-state index contributed by atoms with van der Waals surface area (Å²) in [6.45, 7) is 2.21. The standard InChI is InChI=1S/C16H17ClO/c1-2-3-4-5-12-6-7-14-11-15(16(17)18)9-8-13(14)10-12/h6-11H,2-5H2,1H3. The Morgan fingerprint density at radius 3 is 2.50 bits per heavy atom. The molecule has 0 radical (unpaired) electrons. The van der Waals surface area contributed by atoms with E-state index in [0.29, 0.717) is 5.56 Å². The van der Waals surface area contributed by atoms with Crippen LogP contribution in [0, 0.1) is 0 Å². The Bertz CT molecular complexity index is 560. The molecule has 1 nitrogen and oxygen atoms in total. The second-order valence-electron chi connectivity index (χ2n) is 4.63. The van der Waals surface area contributed by atoms with Crippen molar-refractivity contribution in [2.24, 2.45) is 0 Å². The highest BCUT2D eigenvalue weighted by Gasteiger charge is 2.03. The van der Waals surface area contributed by atoms with Gasteiger partial charge in [-0.15, -0.1) is 0 Å². The van der Waals surface area contributed by atoms with Crippen LogP contribution in [0.15, 0.2) is 36.4 Å². The first-order valence-electron chi connectivity index (χ1n) is 6.43. The predicted octanol–water partition coefficient (Wildman–Crippen LogP) is 4.95. The molecule has 0 atom stereocenters. The van der Waals surface area contributed by atoms with E-state index in [4.69, 9.17) is 11.6 Å². The lowest BCUT2D eigenvalue weighted by Gasteiger charge is -2.04. The summed E-state index contributed by atoms with van der Waals surface area (Å²) in [6.07, 6.45) is 4.88. The summed E-state index contributed by atoms with van der Waals surface area (Å²) in [6, 6.07) is 12.0. The summed E-state index contributed by atoms with van der Waals surface area (Å²) in [5.74, 6) is 0. The summed E-state index contributed by atoms with van der Waals surface area (Å²) < 4.78 is 0. The molecule has 0 bridgehead atoms. The van der Waals surface area contributed by atoms with Gasteiger partial charge in [0, 0.05) is 5.56 Å². The van der Waals surface area contributed by atoms with Crippen molar-refractivity contribution in [1.29, 1.82) is 0 Å². The topological polar surface area (TPSA) is 17.1 Å². The van der Waals surface area contributed by atoms with Crippen molar-refractivity contribution in [2.75, 3.05) is 0 Å². The minimum Gasteiger partial charge on any atom is -0.276 e. The molecule has 2 rings (SSSR count). The first-order valence-corrected chi connectivity index (χ1v) is 6.81. The Labute approximate surface area is 113 Å². The van der Waals surface area contributed by atoms with E-state index >= 15 is 0 Å². The van der Waals surface area contributed by atoms with Crippen molar-refractivity contribution in [2.45, 2.75) is 32.6 Å². The number of fused-ring (bicyclic) bond motifs is 1. The van der Waals surface area contributed by atoms with Crippen molar-refractivity contribution in [3.05, 3.63) is 47.5 Å². The Balaban J connectivity index is 2.24. The summed E-state index contributed by atoms with van der Waals surface area (Å²) in [5.41, 5.74) is 1.92. The van der Waals surface area contributed by atoms with Gasteiger partial charge in [0.1, 0.15) is 0 Å². The van der Waals surface area contributed by atoms with E-state index < -0.39 is 5.24 Å².